The molecule has 3 heterocycles. The Morgan fingerprint density at radius 3 is 2.63 bits per heavy atom. The van der Waals surface area contributed by atoms with Crippen molar-refractivity contribution in [2.24, 2.45) is 0 Å². The Hall–Kier alpha value is -2.58. The molecule has 1 atom stereocenters. The van der Waals surface area contributed by atoms with E-state index in [1.165, 1.54) is 0 Å². The average molecular weight is 384 g/mol. The zero-order valence-corrected chi connectivity index (χ0v) is 15.5. The highest BCUT2D eigenvalue weighted by Gasteiger charge is 2.33. The number of hydrogen-bond donors (Lipinski definition) is 0. The summed E-state index contributed by atoms with van der Waals surface area (Å²) < 4.78 is 29.7. The SMILES string of the molecule is O=S1(=O)CCC(N(Cc2ccccc2)Cc2nnc(-c3cccnc3)o2)C1. The molecule has 1 aliphatic rings. The largest absolute Gasteiger partial charge is 0.419 e. The van der Waals surface area contributed by atoms with Crippen LogP contribution in [0.2, 0.25) is 0 Å². The molecule has 140 valence electrons. The number of aromatic nitrogens is 3. The maximum absolute atomic E-state index is 12.0. The molecular weight excluding hydrogens is 364 g/mol. The van der Waals surface area contributed by atoms with Gasteiger partial charge in [0.1, 0.15) is 0 Å². The van der Waals surface area contributed by atoms with Gasteiger partial charge in [0.15, 0.2) is 9.84 Å². The second-order valence-electron chi connectivity index (χ2n) is 6.69. The molecule has 3 aromatic rings. The molecule has 27 heavy (non-hydrogen) atoms. The van der Waals surface area contributed by atoms with E-state index in [4.69, 9.17) is 4.42 Å². The van der Waals surface area contributed by atoms with Gasteiger partial charge in [0.2, 0.25) is 11.8 Å². The minimum atomic E-state index is -2.98. The van der Waals surface area contributed by atoms with E-state index in [2.05, 4.69) is 20.1 Å². The zero-order valence-electron chi connectivity index (χ0n) is 14.7. The van der Waals surface area contributed by atoms with Crippen LogP contribution < -0.4 is 0 Å². The molecule has 7 nitrogen and oxygen atoms in total. The molecule has 0 spiro atoms. The van der Waals surface area contributed by atoms with E-state index in [1.807, 2.05) is 42.5 Å². The molecule has 2 aromatic heterocycles. The molecule has 4 rings (SSSR count). The highest BCUT2D eigenvalue weighted by atomic mass is 32.2. The van der Waals surface area contributed by atoms with Crippen LogP contribution in [0.25, 0.3) is 11.5 Å². The Kier molecular flexibility index (Phi) is 5.00. The van der Waals surface area contributed by atoms with Crippen LogP contribution >= 0.6 is 0 Å². The van der Waals surface area contributed by atoms with Crippen LogP contribution in [0.1, 0.15) is 17.9 Å². The quantitative estimate of drug-likeness (QED) is 0.644. The third-order valence-electron chi connectivity index (χ3n) is 4.67. The summed E-state index contributed by atoms with van der Waals surface area (Å²) in [4.78, 5) is 6.17. The Morgan fingerprint density at radius 2 is 1.93 bits per heavy atom. The smallest absolute Gasteiger partial charge is 0.249 e. The van der Waals surface area contributed by atoms with E-state index < -0.39 is 9.84 Å². The first-order valence-electron chi connectivity index (χ1n) is 8.80. The number of rotatable bonds is 6. The van der Waals surface area contributed by atoms with Gasteiger partial charge in [-0.1, -0.05) is 30.3 Å². The molecule has 1 saturated heterocycles. The monoisotopic (exact) mass is 384 g/mol. The minimum absolute atomic E-state index is 0.0519. The fourth-order valence-corrected chi connectivity index (χ4v) is 5.05. The highest BCUT2D eigenvalue weighted by Crippen LogP contribution is 2.23. The van der Waals surface area contributed by atoms with Crippen LogP contribution in [-0.2, 0) is 22.9 Å². The zero-order chi connectivity index (χ0) is 18.7. The Balaban J connectivity index is 1.55. The van der Waals surface area contributed by atoms with E-state index in [1.54, 1.807) is 12.4 Å². The summed E-state index contributed by atoms with van der Waals surface area (Å²) in [5.74, 6) is 1.28. The van der Waals surface area contributed by atoms with Crippen molar-refractivity contribution in [2.75, 3.05) is 11.5 Å². The summed E-state index contributed by atoms with van der Waals surface area (Å²) in [6.45, 7) is 1.04. The van der Waals surface area contributed by atoms with Gasteiger partial charge in [0.25, 0.3) is 0 Å². The topological polar surface area (TPSA) is 89.2 Å². The summed E-state index contributed by atoms with van der Waals surface area (Å²) >= 11 is 0. The Bertz CT molecular complexity index is 990. The molecular formula is C19H20N4O3S. The summed E-state index contributed by atoms with van der Waals surface area (Å²) in [7, 11) is -2.98. The molecule has 1 fully saturated rings. The molecule has 1 aliphatic heterocycles. The number of pyridine rings is 1. The Labute approximate surface area is 158 Å². The molecule has 0 aliphatic carbocycles. The Morgan fingerprint density at radius 1 is 1.07 bits per heavy atom. The molecule has 0 radical (unpaired) electrons. The van der Waals surface area contributed by atoms with Crippen LogP contribution in [0.3, 0.4) is 0 Å². The van der Waals surface area contributed by atoms with Crippen LogP contribution in [0, 0.1) is 0 Å². The lowest BCUT2D eigenvalue weighted by Crippen LogP contribution is -2.35. The molecule has 0 saturated carbocycles. The van der Waals surface area contributed by atoms with Gasteiger partial charge in [-0.2, -0.15) is 0 Å². The second kappa shape index (κ2) is 7.58. The van der Waals surface area contributed by atoms with Crippen molar-refractivity contribution in [3.8, 4) is 11.5 Å². The lowest BCUT2D eigenvalue weighted by atomic mass is 10.1. The van der Waals surface area contributed by atoms with E-state index in [0.717, 1.165) is 11.1 Å². The predicted octanol–water partition coefficient (Wildman–Crippen LogP) is 2.32. The van der Waals surface area contributed by atoms with Gasteiger partial charge in [-0.3, -0.25) is 9.88 Å². The summed E-state index contributed by atoms with van der Waals surface area (Å²) in [6, 6.07) is 13.6. The van der Waals surface area contributed by atoms with E-state index in [9.17, 15) is 8.42 Å². The normalized spacial score (nSPS) is 18.8. The third-order valence-corrected chi connectivity index (χ3v) is 6.42. The molecule has 0 bridgehead atoms. The van der Waals surface area contributed by atoms with Crippen LogP contribution in [-0.4, -0.2) is 46.0 Å². The summed E-state index contributed by atoms with van der Waals surface area (Å²) in [5.41, 5.74) is 1.88. The van der Waals surface area contributed by atoms with Gasteiger partial charge in [0, 0.05) is 25.0 Å². The first-order valence-corrected chi connectivity index (χ1v) is 10.6. The minimum Gasteiger partial charge on any atom is -0.419 e. The number of nitrogens with zero attached hydrogens (tertiary/aromatic N) is 4. The van der Waals surface area contributed by atoms with Crippen molar-refractivity contribution in [3.05, 3.63) is 66.3 Å². The third kappa shape index (κ3) is 4.40. The number of benzene rings is 1. The maximum atomic E-state index is 12.0. The lowest BCUT2D eigenvalue weighted by molar-refractivity contribution is 0.176. The average Bonchev–Trinajstić information content (AvgIpc) is 3.29. The van der Waals surface area contributed by atoms with Crippen molar-refractivity contribution in [1.29, 1.82) is 0 Å². The van der Waals surface area contributed by atoms with Gasteiger partial charge in [0.05, 0.1) is 23.6 Å². The molecule has 1 aromatic carbocycles. The first kappa shape index (κ1) is 17.8. The molecule has 1 unspecified atom stereocenters. The van der Waals surface area contributed by atoms with Gasteiger partial charge in [-0.15, -0.1) is 10.2 Å². The van der Waals surface area contributed by atoms with E-state index in [-0.39, 0.29) is 17.5 Å². The van der Waals surface area contributed by atoms with Gasteiger partial charge in [-0.05, 0) is 24.1 Å². The standard InChI is InChI=1S/C19H20N4O3S/c24-27(25)10-8-17(14-27)23(12-15-5-2-1-3-6-15)13-18-21-22-19(26-18)16-7-4-9-20-11-16/h1-7,9,11,17H,8,10,12-14H2. The fourth-order valence-electron chi connectivity index (χ4n) is 3.29. The number of hydrogen-bond acceptors (Lipinski definition) is 7. The molecule has 8 heteroatoms. The van der Waals surface area contributed by atoms with Gasteiger partial charge < -0.3 is 4.42 Å². The van der Waals surface area contributed by atoms with E-state index in [0.29, 0.717) is 31.3 Å². The highest BCUT2D eigenvalue weighted by molar-refractivity contribution is 7.91. The van der Waals surface area contributed by atoms with E-state index >= 15 is 0 Å². The first-order chi connectivity index (χ1) is 13.1. The summed E-state index contributed by atoms with van der Waals surface area (Å²) in [6.07, 6.45) is 3.98. The van der Waals surface area contributed by atoms with Crippen LogP contribution in [0.4, 0.5) is 0 Å². The van der Waals surface area contributed by atoms with Crippen molar-refractivity contribution >= 4 is 9.84 Å². The van der Waals surface area contributed by atoms with Gasteiger partial charge >= 0.3 is 0 Å². The second-order valence-corrected chi connectivity index (χ2v) is 8.92. The van der Waals surface area contributed by atoms with Crippen molar-refractivity contribution in [2.45, 2.75) is 25.6 Å². The van der Waals surface area contributed by atoms with Crippen molar-refractivity contribution in [3.63, 3.8) is 0 Å². The lowest BCUT2D eigenvalue weighted by Gasteiger charge is -2.26. The molecule has 0 N–H and O–H groups in total. The fraction of sp³-hybridized carbons (Fsp3) is 0.316. The molecule has 0 amide bonds. The van der Waals surface area contributed by atoms with Crippen molar-refractivity contribution in [1.82, 2.24) is 20.1 Å². The number of sulfone groups is 1. The van der Waals surface area contributed by atoms with Crippen LogP contribution in [0.5, 0.6) is 0 Å². The van der Waals surface area contributed by atoms with Crippen LogP contribution in [0.15, 0.2) is 59.3 Å². The summed E-state index contributed by atoms with van der Waals surface area (Å²) in [5, 5.41) is 8.25. The van der Waals surface area contributed by atoms with Gasteiger partial charge in [-0.25, -0.2) is 8.42 Å². The van der Waals surface area contributed by atoms with Crippen molar-refractivity contribution < 1.29 is 12.8 Å². The maximum Gasteiger partial charge on any atom is 0.249 e. The predicted molar refractivity (Wildman–Crippen MR) is 100 cm³/mol.